The monoisotopic (exact) mass is 285 g/mol. The highest BCUT2D eigenvalue weighted by Crippen LogP contribution is 2.19. The van der Waals surface area contributed by atoms with E-state index in [4.69, 9.17) is 4.74 Å². The van der Waals surface area contributed by atoms with Crippen molar-refractivity contribution < 1.29 is 9.53 Å². The standard InChI is InChI=1S/C14H15N5O2/c1-3-18-8-10(7-16-18)12-5-6-15-14-17-11(9-19(12)14)13(20)21-4-2/h5-9H,3-4H2,1-2H3. The fourth-order valence-corrected chi connectivity index (χ4v) is 2.10. The molecule has 0 bridgehead atoms. The van der Waals surface area contributed by atoms with Gasteiger partial charge in [0, 0.05) is 30.7 Å². The van der Waals surface area contributed by atoms with Gasteiger partial charge in [0.15, 0.2) is 5.69 Å². The molecule has 7 nitrogen and oxygen atoms in total. The number of hydrogen-bond donors (Lipinski definition) is 0. The number of imidazole rings is 1. The van der Waals surface area contributed by atoms with Gasteiger partial charge < -0.3 is 4.74 Å². The summed E-state index contributed by atoms with van der Waals surface area (Å²) in [6.07, 6.45) is 7.02. The van der Waals surface area contributed by atoms with Crippen molar-refractivity contribution in [2.24, 2.45) is 0 Å². The van der Waals surface area contributed by atoms with Gasteiger partial charge in [-0.05, 0) is 19.9 Å². The van der Waals surface area contributed by atoms with Crippen molar-refractivity contribution in [2.75, 3.05) is 6.61 Å². The molecule has 3 aromatic rings. The van der Waals surface area contributed by atoms with E-state index in [0.717, 1.165) is 17.8 Å². The summed E-state index contributed by atoms with van der Waals surface area (Å²) < 4.78 is 8.57. The van der Waals surface area contributed by atoms with Crippen molar-refractivity contribution in [3.63, 3.8) is 0 Å². The predicted molar refractivity (Wildman–Crippen MR) is 75.8 cm³/mol. The minimum atomic E-state index is -0.446. The van der Waals surface area contributed by atoms with Crippen LogP contribution in [0.15, 0.2) is 30.9 Å². The molecule has 0 fully saturated rings. The Balaban J connectivity index is 2.09. The van der Waals surface area contributed by atoms with Crippen LogP contribution < -0.4 is 0 Å². The summed E-state index contributed by atoms with van der Waals surface area (Å²) >= 11 is 0. The molecule has 3 rings (SSSR count). The first-order valence-corrected chi connectivity index (χ1v) is 6.77. The second-order valence-corrected chi connectivity index (χ2v) is 4.43. The van der Waals surface area contributed by atoms with E-state index in [1.54, 1.807) is 29.9 Å². The SMILES string of the molecule is CCOC(=O)c1cn2c(-c3cnn(CC)c3)ccnc2n1. The summed E-state index contributed by atoms with van der Waals surface area (Å²) in [5.41, 5.74) is 2.07. The number of nitrogens with zero attached hydrogens (tertiary/aromatic N) is 5. The largest absolute Gasteiger partial charge is 0.461 e. The minimum Gasteiger partial charge on any atom is -0.461 e. The zero-order valence-corrected chi connectivity index (χ0v) is 11.9. The maximum atomic E-state index is 11.8. The van der Waals surface area contributed by atoms with Crippen LogP contribution in [0.4, 0.5) is 0 Å². The summed E-state index contributed by atoms with van der Waals surface area (Å²) in [6.45, 7) is 4.90. The smallest absolute Gasteiger partial charge is 0.358 e. The third-order valence-electron chi connectivity index (χ3n) is 3.11. The number of carbonyl (C=O) groups excluding carboxylic acids is 1. The van der Waals surface area contributed by atoms with Gasteiger partial charge in [-0.25, -0.2) is 14.8 Å². The van der Waals surface area contributed by atoms with Gasteiger partial charge in [-0.1, -0.05) is 0 Å². The molecular formula is C14H15N5O2. The van der Waals surface area contributed by atoms with Crippen molar-refractivity contribution >= 4 is 11.7 Å². The Labute approximate surface area is 121 Å². The highest BCUT2D eigenvalue weighted by atomic mass is 16.5. The van der Waals surface area contributed by atoms with Crippen molar-refractivity contribution in [1.82, 2.24) is 24.1 Å². The highest BCUT2D eigenvalue weighted by molar-refractivity contribution is 5.88. The number of carbonyl (C=O) groups is 1. The summed E-state index contributed by atoms with van der Waals surface area (Å²) in [4.78, 5) is 20.1. The lowest BCUT2D eigenvalue weighted by atomic mass is 10.2. The van der Waals surface area contributed by atoms with E-state index in [1.165, 1.54) is 0 Å². The molecule has 0 aliphatic heterocycles. The second kappa shape index (κ2) is 5.35. The molecule has 0 spiro atoms. The molecule has 21 heavy (non-hydrogen) atoms. The zero-order valence-electron chi connectivity index (χ0n) is 11.9. The number of esters is 1. The molecule has 0 N–H and O–H groups in total. The molecule has 0 atom stereocenters. The van der Waals surface area contributed by atoms with Crippen LogP contribution in [0.3, 0.4) is 0 Å². The molecule has 7 heteroatoms. The van der Waals surface area contributed by atoms with Gasteiger partial charge in [-0.3, -0.25) is 9.08 Å². The van der Waals surface area contributed by atoms with Crippen molar-refractivity contribution in [3.05, 3.63) is 36.5 Å². The fourth-order valence-electron chi connectivity index (χ4n) is 2.10. The Morgan fingerprint density at radius 3 is 2.90 bits per heavy atom. The third kappa shape index (κ3) is 2.37. The number of rotatable bonds is 4. The Bertz CT molecular complexity index is 790. The van der Waals surface area contributed by atoms with Crippen LogP contribution >= 0.6 is 0 Å². The first kappa shape index (κ1) is 13.3. The molecule has 0 saturated heterocycles. The summed E-state index contributed by atoms with van der Waals surface area (Å²) in [5.74, 6) is 0.0120. The number of aryl methyl sites for hydroxylation is 1. The van der Waals surface area contributed by atoms with Gasteiger partial charge >= 0.3 is 5.97 Å². The number of aromatic nitrogens is 5. The normalized spacial score (nSPS) is 11.0. The molecule has 108 valence electrons. The second-order valence-electron chi connectivity index (χ2n) is 4.43. The van der Waals surface area contributed by atoms with E-state index in [-0.39, 0.29) is 5.69 Å². The Morgan fingerprint density at radius 1 is 1.33 bits per heavy atom. The van der Waals surface area contributed by atoms with Gasteiger partial charge in [0.25, 0.3) is 0 Å². The molecule has 3 aromatic heterocycles. The van der Waals surface area contributed by atoms with Gasteiger partial charge in [-0.15, -0.1) is 0 Å². The van der Waals surface area contributed by atoms with Crippen molar-refractivity contribution in [3.8, 4) is 11.3 Å². The van der Waals surface area contributed by atoms with Crippen LogP contribution in [0.2, 0.25) is 0 Å². The highest BCUT2D eigenvalue weighted by Gasteiger charge is 2.15. The van der Waals surface area contributed by atoms with Crippen molar-refractivity contribution in [1.29, 1.82) is 0 Å². The third-order valence-corrected chi connectivity index (χ3v) is 3.11. The van der Waals surface area contributed by atoms with Crippen LogP contribution in [0, 0.1) is 0 Å². The van der Waals surface area contributed by atoms with Gasteiger partial charge in [0.1, 0.15) is 0 Å². The Kier molecular flexibility index (Phi) is 3.39. The van der Waals surface area contributed by atoms with Gasteiger partial charge in [0.05, 0.1) is 18.5 Å². The van der Waals surface area contributed by atoms with E-state index in [0.29, 0.717) is 12.4 Å². The Morgan fingerprint density at radius 2 is 2.19 bits per heavy atom. The van der Waals surface area contributed by atoms with Crippen LogP contribution in [-0.2, 0) is 11.3 Å². The number of hydrogen-bond acceptors (Lipinski definition) is 5. The summed E-state index contributed by atoms with van der Waals surface area (Å²) in [6, 6.07) is 1.86. The molecule has 3 heterocycles. The van der Waals surface area contributed by atoms with E-state index < -0.39 is 5.97 Å². The lowest BCUT2D eigenvalue weighted by Crippen LogP contribution is -2.04. The average molecular weight is 285 g/mol. The van der Waals surface area contributed by atoms with E-state index in [2.05, 4.69) is 15.1 Å². The van der Waals surface area contributed by atoms with Crippen LogP contribution in [0.5, 0.6) is 0 Å². The van der Waals surface area contributed by atoms with Crippen LogP contribution in [-0.4, -0.2) is 36.7 Å². The van der Waals surface area contributed by atoms with Crippen molar-refractivity contribution in [2.45, 2.75) is 20.4 Å². The molecule has 0 amide bonds. The lowest BCUT2D eigenvalue weighted by Gasteiger charge is -2.01. The summed E-state index contributed by atoms with van der Waals surface area (Å²) in [5, 5.41) is 4.26. The molecule has 0 radical (unpaired) electrons. The maximum absolute atomic E-state index is 11.8. The van der Waals surface area contributed by atoms with Gasteiger partial charge in [0.2, 0.25) is 5.78 Å². The quantitative estimate of drug-likeness (QED) is 0.683. The number of fused-ring (bicyclic) bond motifs is 1. The van der Waals surface area contributed by atoms with E-state index >= 15 is 0 Å². The molecular weight excluding hydrogens is 270 g/mol. The van der Waals surface area contributed by atoms with E-state index in [1.807, 2.05) is 23.9 Å². The molecule has 0 aromatic carbocycles. The maximum Gasteiger partial charge on any atom is 0.358 e. The lowest BCUT2D eigenvalue weighted by molar-refractivity contribution is 0.0520. The van der Waals surface area contributed by atoms with Crippen LogP contribution in [0.1, 0.15) is 24.3 Å². The first-order chi connectivity index (χ1) is 10.2. The average Bonchev–Trinajstić information content (AvgIpc) is 3.13. The summed E-state index contributed by atoms with van der Waals surface area (Å²) in [7, 11) is 0. The molecule has 0 unspecified atom stereocenters. The number of ether oxygens (including phenoxy) is 1. The predicted octanol–water partition coefficient (Wildman–Crippen LogP) is 1.79. The Hall–Kier alpha value is -2.70. The molecule has 0 saturated carbocycles. The van der Waals surface area contributed by atoms with Gasteiger partial charge in [-0.2, -0.15) is 5.10 Å². The van der Waals surface area contributed by atoms with E-state index in [9.17, 15) is 4.79 Å². The topological polar surface area (TPSA) is 74.3 Å². The molecule has 0 aliphatic rings. The molecule has 0 aliphatic carbocycles. The zero-order chi connectivity index (χ0) is 14.8. The minimum absolute atomic E-state index is 0.250. The van der Waals surface area contributed by atoms with Crippen LogP contribution in [0.25, 0.3) is 17.0 Å². The first-order valence-electron chi connectivity index (χ1n) is 6.77. The fraction of sp³-hybridized carbons (Fsp3) is 0.286.